The molecule has 2 aliphatic rings. The molecule has 2 aromatic rings. The van der Waals surface area contributed by atoms with E-state index in [1.165, 1.54) is 0 Å². The summed E-state index contributed by atoms with van der Waals surface area (Å²) in [4.78, 5) is 0. The Bertz CT molecular complexity index is 901. The number of fused-ring (bicyclic) bond motifs is 4. The second-order valence-electron chi connectivity index (χ2n) is 8.17. The van der Waals surface area contributed by atoms with E-state index >= 15 is 0 Å². The summed E-state index contributed by atoms with van der Waals surface area (Å²) in [5.74, 6) is 3.23. The van der Waals surface area contributed by atoms with Crippen molar-refractivity contribution in [3.05, 3.63) is 63.9 Å². The van der Waals surface area contributed by atoms with Gasteiger partial charge in [0, 0.05) is 22.1 Å². The van der Waals surface area contributed by atoms with Crippen molar-refractivity contribution in [1.82, 2.24) is 5.32 Å². The molecule has 4 rings (SSSR count). The van der Waals surface area contributed by atoms with Crippen molar-refractivity contribution in [3.63, 3.8) is 0 Å². The van der Waals surface area contributed by atoms with E-state index in [4.69, 9.17) is 15.2 Å². The molecule has 0 fully saturated rings. The van der Waals surface area contributed by atoms with Crippen LogP contribution < -0.4 is 20.5 Å². The zero-order chi connectivity index (χ0) is 18.5. The lowest BCUT2D eigenvalue weighted by atomic mass is 9.73. The van der Waals surface area contributed by atoms with Crippen LogP contribution >= 0.6 is 15.9 Å². The summed E-state index contributed by atoms with van der Waals surface area (Å²) >= 11 is 3.58. The minimum absolute atomic E-state index is 0.0980. The Hall–Kier alpha value is -2.14. The molecule has 2 heterocycles. The minimum atomic E-state index is -0.363. The molecule has 2 aromatic carbocycles. The number of benzene rings is 2. The quantitative estimate of drug-likeness (QED) is 0.749. The molecule has 0 bridgehead atoms. The highest BCUT2D eigenvalue weighted by atomic mass is 79.9. The van der Waals surface area contributed by atoms with Crippen LogP contribution in [0.2, 0.25) is 0 Å². The van der Waals surface area contributed by atoms with Crippen molar-refractivity contribution in [2.75, 3.05) is 13.2 Å². The Kier molecular flexibility index (Phi) is 3.95. The third kappa shape index (κ3) is 2.94. The average Bonchev–Trinajstić information content (AvgIpc) is 2.96. The summed E-state index contributed by atoms with van der Waals surface area (Å²) in [7, 11) is 0. The Morgan fingerprint density at radius 1 is 1.15 bits per heavy atom. The van der Waals surface area contributed by atoms with E-state index in [1.54, 1.807) is 0 Å². The molecular formula is C21H23BrN2O2. The fourth-order valence-electron chi connectivity index (χ4n) is 3.49. The van der Waals surface area contributed by atoms with Gasteiger partial charge < -0.3 is 20.5 Å². The van der Waals surface area contributed by atoms with Crippen LogP contribution in [-0.4, -0.2) is 13.2 Å². The molecule has 5 heteroatoms. The summed E-state index contributed by atoms with van der Waals surface area (Å²) in [6.45, 7) is 7.83. The van der Waals surface area contributed by atoms with Gasteiger partial charge in [-0.15, -0.1) is 0 Å². The van der Waals surface area contributed by atoms with Gasteiger partial charge in [-0.2, -0.15) is 0 Å². The van der Waals surface area contributed by atoms with Crippen LogP contribution in [0.15, 0.2) is 52.8 Å². The Morgan fingerprint density at radius 3 is 2.50 bits per heavy atom. The number of ether oxygens (including phenoxy) is 2. The van der Waals surface area contributed by atoms with E-state index in [2.05, 4.69) is 60.2 Å². The Morgan fingerprint density at radius 2 is 1.85 bits per heavy atom. The molecule has 1 unspecified atom stereocenters. The SMILES string of the molecule is CC(C)(C)COc1ccc2c(c1)C1(C=C(N)NC1)c1cc(Br)ccc1O2. The van der Waals surface area contributed by atoms with Gasteiger partial charge in [0.05, 0.1) is 17.8 Å². The van der Waals surface area contributed by atoms with Crippen molar-refractivity contribution in [1.29, 1.82) is 0 Å². The van der Waals surface area contributed by atoms with Gasteiger partial charge in [0.1, 0.15) is 17.2 Å². The first-order valence-electron chi connectivity index (χ1n) is 8.74. The van der Waals surface area contributed by atoms with Crippen LogP contribution in [0.1, 0.15) is 31.9 Å². The van der Waals surface area contributed by atoms with Crippen LogP contribution in [0.25, 0.3) is 0 Å². The lowest BCUT2D eigenvalue weighted by Crippen LogP contribution is -2.34. The van der Waals surface area contributed by atoms with Crippen molar-refractivity contribution >= 4 is 15.9 Å². The van der Waals surface area contributed by atoms with Gasteiger partial charge in [0.15, 0.2) is 0 Å². The Labute approximate surface area is 162 Å². The molecular weight excluding hydrogens is 392 g/mol. The second-order valence-corrected chi connectivity index (χ2v) is 9.09. The van der Waals surface area contributed by atoms with E-state index in [9.17, 15) is 0 Å². The zero-order valence-corrected chi connectivity index (χ0v) is 16.8. The number of rotatable bonds is 2. The standard InChI is InChI=1S/C21H23BrN2O2/c1-20(2,3)12-25-14-5-7-18-16(9-14)21(10-19(23)24-11-21)15-8-13(22)4-6-17(15)26-18/h4-10,24H,11-12,23H2,1-3H3. The smallest absolute Gasteiger partial charge is 0.132 e. The monoisotopic (exact) mass is 414 g/mol. The van der Waals surface area contributed by atoms with Gasteiger partial charge in [-0.25, -0.2) is 0 Å². The lowest BCUT2D eigenvalue weighted by Gasteiger charge is -2.36. The maximum absolute atomic E-state index is 6.18. The summed E-state index contributed by atoms with van der Waals surface area (Å²) in [5, 5.41) is 3.28. The summed E-state index contributed by atoms with van der Waals surface area (Å²) in [6, 6.07) is 12.1. The number of hydrogen-bond acceptors (Lipinski definition) is 4. The van der Waals surface area contributed by atoms with Crippen molar-refractivity contribution in [3.8, 4) is 17.2 Å². The van der Waals surface area contributed by atoms with Gasteiger partial charge in [-0.1, -0.05) is 36.7 Å². The highest BCUT2D eigenvalue weighted by Gasteiger charge is 2.44. The van der Waals surface area contributed by atoms with Crippen LogP contribution in [0, 0.1) is 5.41 Å². The number of halogens is 1. The predicted molar refractivity (Wildman–Crippen MR) is 107 cm³/mol. The maximum Gasteiger partial charge on any atom is 0.132 e. The van der Waals surface area contributed by atoms with Crippen LogP contribution in [0.4, 0.5) is 0 Å². The molecule has 1 atom stereocenters. The van der Waals surface area contributed by atoms with E-state index < -0.39 is 0 Å². The molecule has 2 aliphatic heterocycles. The minimum Gasteiger partial charge on any atom is -0.493 e. The molecule has 0 saturated heterocycles. The van der Waals surface area contributed by atoms with Gasteiger partial charge in [0.25, 0.3) is 0 Å². The third-order valence-electron chi connectivity index (χ3n) is 4.72. The molecule has 26 heavy (non-hydrogen) atoms. The topological polar surface area (TPSA) is 56.5 Å². The molecule has 0 saturated carbocycles. The normalized spacial score (nSPS) is 20.7. The third-order valence-corrected chi connectivity index (χ3v) is 5.21. The van der Waals surface area contributed by atoms with E-state index in [-0.39, 0.29) is 10.8 Å². The largest absolute Gasteiger partial charge is 0.493 e. The first kappa shape index (κ1) is 17.3. The maximum atomic E-state index is 6.18. The highest BCUT2D eigenvalue weighted by molar-refractivity contribution is 9.10. The average molecular weight is 415 g/mol. The van der Waals surface area contributed by atoms with Crippen LogP contribution in [-0.2, 0) is 5.41 Å². The number of hydrogen-bond donors (Lipinski definition) is 2. The first-order chi connectivity index (χ1) is 12.3. The van der Waals surface area contributed by atoms with Crippen molar-refractivity contribution in [2.45, 2.75) is 26.2 Å². The summed E-state index contributed by atoms with van der Waals surface area (Å²) in [6.07, 6.45) is 2.09. The van der Waals surface area contributed by atoms with E-state index in [0.717, 1.165) is 32.8 Å². The molecule has 0 amide bonds. The fraction of sp³-hybridized carbons (Fsp3) is 0.333. The first-order valence-corrected chi connectivity index (χ1v) is 9.54. The number of nitrogens with two attached hydrogens (primary N) is 1. The lowest BCUT2D eigenvalue weighted by molar-refractivity contribution is 0.197. The van der Waals surface area contributed by atoms with Gasteiger partial charge in [-0.05, 0) is 47.9 Å². The summed E-state index contributed by atoms with van der Waals surface area (Å²) < 4.78 is 13.2. The predicted octanol–water partition coefficient (Wildman–Crippen LogP) is 4.67. The van der Waals surface area contributed by atoms with E-state index in [0.29, 0.717) is 19.0 Å². The molecule has 0 aliphatic carbocycles. The van der Waals surface area contributed by atoms with Gasteiger partial charge in [-0.3, -0.25) is 0 Å². The van der Waals surface area contributed by atoms with Gasteiger partial charge >= 0.3 is 0 Å². The zero-order valence-electron chi connectivity index (χ0n) is 15.2. The molecule has 1 spiro atoms. The molecule has 136 valence electrons. The molecule has 0 radical (unpaired) electrons. The Balaban J connectivity index is 1.83. The molecule has 3 N–H and O–H groups in total. The van der Waals surface area contributed by atoms with Crippen LogP contribution in [0.5, 0.6) is 17.2 Å². The van der Waals surface area contributed by atoms with Gasteiger partial charge in [0.2, 0.25) is 0 Å². The van der Waals surface area contributed by atoms with Crippen molar-refractivity contribution in [2.24, 2.45) is 11.1 Å². The fourth-order valence-corrected chi connectivity index (χ4v) is 3.86. The second kappa shape index (κ2) is 5.95. The number of nitrogens with one attached hydrogen (secondary N) is 1. The molecule has 0 aromatic heterocycles. The molecule has 4 nitrogen and oxygen atoms in total. The van der Waals surface area contributed by atoms with Crippen molar-refractivity contribution < 1.29 is 9.47 Å². The highest BCUT2D eigenvalue weighted by Crippen LogP contribution is 2.51. The van der Waals surface area contributed by atoms with Crippen LogP contribution in [0.3, 0.4) is 0 Å². The van der Waals surface area contributed by atoms with E-state index in [1.807, 2.05) is 24.3 Å². The summed E-state index contributed by atoms with van der Waals surface area (Å²) in [5.41, 5.74) is 8.02.